The maximum Gasteiger partial charge on any atom is 0.144 e. The summed E-state index contributed by atoms with van der Waals surface area (Å²) < 4.78 is 24.5. The molecule has 0 atom stereocenters. The Morgan fingerprint density at radius 1 is 1.19 bits per heavy atom. The smallest absolute Gasteiger partial charge is 0.144 e. The van der Waals surface area contributed by atoms with Crippen LogP contribution in [0.15, 0.2) is 36.7 Å². The van der Waals surface area contributed by atoms with E-state index in [4.69, 9.17) is 26.8 Å². The van der Waals surface area contributed by atoms with Gasteiger partial charge in [-0.3, -0.25) is 0 Å². The number of benzene rings is 2. The molecule has 3 aromatic rings. The molecule has 3 N–H and O–H groups in total. The van der Waals surface area contributed by atoms with E-state index in [1.807, 2.05) is 13.8 Å². The summed E-state index contributed by atoms with van der Waals surface area (Å²) in [5.41, 5.74) is 7.84. The summed E-state index contributed by atoms with van der Waals surface area (Å²) >= 11 is 5.83. The van der Waals surface area contributed by atoms with Crippen LogP contribution in [0.2, 0.25) is 5.02 Å². The lowest BCUT2D eigenvalue weighted by atomic mass is 10.2. The number of ether oxygens (including phenoxy) is 2. The number of halogens is 2. The molecule has 2 aromatic carbocycles. The monoisotopic (exact) mass is 390 g/mol. The van der Waals surface area contributed by atoms with Gasteiger partial charge < -0.3 is 20.5 Å². The number of hydrogen-bond donors (Lipinski definition) is 2. The van der Waals surface area contributed by atoms with Gasteiger partial charge in [-0.1, -0.05) is 11.6 Å². The molecule has 142 valence electrons. The first-order valence-corrected chi connectivity index (χ1v) is 8.82. The molecule has 1 aromatic heterocycles. The van der Waals surface area contributed by atoms with Crippen molar-refractivity contribution in [2.75, 3.05) is 24.3 Å². The molecule has 6 nitrogen and oxygen atoms in total. The van der Waals surface area contributed by atoms with Gasteiger partial charge in [-0.15, -0.1) is 0 Å². The highest BCUT2D eigenvalue weighted by Crippen LogP contribution is 2.32. The van der Waals surface area contributed by atoms with Crippen molar-refractivity contribution in [3.63, 3.8) is 0 Å². The highest BCUT2D eigenvalue weighted by atomic mass is 35.5. The number of fused-ring (bicyclic) bond motifs is 1. The van der Waals surface area contributed by atoms with E-state index in [9.17, 15) is 4.39 Å². The van der Waals surface area contributed by atoms with Gasteiger partial charge in [0.15, 0.2) is 0 Å². The van der Waals surface area contributed by atoms with Crippen LogP contribution < -0.4 is 15.8 Å². The standard InChI is InChI=1S/C19H20ClFN4O2/c1-11(2)26-5-6-27-18-9-17-13(8-16(18)22)19(24-10-23-17)25-12-3-4-15(21)14(20)7-12/h3-4,7-11H,5-6,22H2,1-2H3,(H,23,24,25). The second-order valence-electron chi connectivity index (χ2n) is 6.15. The van der Waals surface area contributed by atoms with Crippen molar-refractivity contribution in [1.29, 1.82) is 0 Å². The molecule has 0 spiro atoms. The Kier molecular flexibility index (Phi) is 5.93. The van der Waals surface area contributed by atoms with Crippen LogP contribution >= 0.6 is 11.6 Å². The fourth-order valence-corrected chi connectivity index (χ4v) is 2.65. The van der Waals surface area contributed by atoms with Gasteiger partial charge in [-0.2, -0.15) is 0 Å². The van der Waals surface area contributed by atoms with Crippen molar-refractivity contribution >= 4 is 39.7 Å². The number of nitrogens with two attached hydrogens (primary N) is 1. The summed E-state index contributed by atoms with van der Waals surface area (Å²) in [6.45, 7) is 4.78. The van der Waals surface area contributed by atoms with Gasteiger partial charge in [0.2, 0.25) is 0 Å². The zero-order valence-corrected chi connectivity index (χ0v) is 15.8. The zero-order chi connectivity index (χ0) is 19.4. The van der Waals surface area contributed by atoms with Gasteiger partial charge in [-0.05, 0) is 38.1 Å². The number of hydrogen-bond acceptors (Lipinski definition) is 6. The molecule has 0 bridgehead atoms. The highest BCUT2D eigenvalue weighted by Gasteiger charge is 2.10. The molecule has 0 aliphatic carbocycles. The van der Waals surface area contributed by atoms with Crippen molar-refractivity contribution in [1.82, 2.24) is 9.97 Å². The highest BCUT2D eigenvalue weighted by molar-refractivity contribution is 6.31. The molecule has 0 saturated heterocycles. The molecule has 0 amide bonds. The van der Waals surface area contributed by atoms with E-state index in [1.165, 1.54) is 18.5 Å². The fourth-order valence-electron chi connectivity index (χ4n) is 2.47. The molecular formula is C19H20ClFN4O2. The Morgan fingerprint density at radius 3 is 2.74 bits per heavy atom. The van der Waals surface area contributed by atoms with Gasteiger partial charge in [0.05, 0.1) is 28.9 Å². The SMILES string of the molecule is CC(C)OCCOc1cc2ncnc(Nc3ccc(F)c(Cl)c3)c2cc1N. The number of anilines is 3. The van der Waals surface area contributed by atoms with Crippen molar-refractivity contribution in [3.8, 4) is 5.75 Å². The number of nitrogens with zero attached hydrogens (tertiary/aromatic N) is 2. The van der Waals surface area contributed by atoms with Crippen LogP contribution in [-0.4, -0.2) is 29.3 Å². The molecule has 8 heteroatoms. The largest absolute Gasteiger partial charge is 0.489 e. The summed E-state index contributed by atoms with van der Waals surface area (Å²) in [6.07, 6.45) is 1.57. The first-order chi connectivity index (χ1) is 12.9. The summed E-state index contributed by atoms with van der Waals surface area (Å²) in [5, 5.41) is 3.84. The Morgan fingerprint density at radius 2 is 2.00 bits per heavy atom. The maximum absolute atomic E-state index is 13.3. The molecule has 0 fully saturated rings. The minimum absolute atomic E-state index is 0.0252. The molecule has 3 rings (SSSR count). The van der Waals surface area contributed by atoms with Crippen LogP contribution in [0.1, 0.15) is 13.8 Å². The van der Waals surface area contributed by atoms with Crippen molar-refractivity contribution < 1.29 is 13.9 Å². The number of rotatable bonds is 7. The third-order valence-corrected chi connectivity index (χ3v) is 4.03. The zero-order valence-electron chi connectivity index (χ0n) is 15.0. The quantitative estimate of drug-likeness (QED) is 0.455. The lowest BCUT2D eigenvalue weighted by molar-refractivity contribution is 0.0554. The van der Waals surface area contributed by atoms with Gasteiger partial charge in [-0.25, -0.2) is 14.4 Å². The van der Waals surface area contributed by atoms with E-state index >= 15 is 0 Å². The van der Waals surface area contributed by atoms with Gasteiger partial charge in [0, 0.05) is 17.1 Å². The lowest BCUT2D eigenvalue weighted by Gasteiger charge is -2.13. The first kappa shape index (κ1) is 19.1. The lowest BCUT2D eigenvalue weighted by Crippen LogP contribution is -2.12. The van der Waals surface area contributed by atoms with Crippen LogP contribution in [0, 0.1) is 5.82 Å². The Bertz CT molecular complexity index is 952. The van der Waals surface area contributed by atoms with Gasteiger partial charge >= 0.3 is 0 Å². The van der Waals surface area contributed by atoms with E-state index in [1.54, 1.807) is 18.2 Å². The fraction of sp³-hybridized carbons (Fsp3) is 0.263. The third kappa shape index (κ3) is 4.75. The van der Waals surface area contributed by atoms with E-state index in [-0.39, 0.29) is 11.1 Å². The summed E-state index contributed by atoms with van der Waals surface area (Å²) in [4.78, 5) is 8.51. The molecule has 0 aliphatic rings. The van der Waals surface area contributed by atoms with Gasteiger partial charge in [0.1, 0.15) is 30.3 Å². The summed E-state index contributed by atoms with van der Waals surface area (Å²) in [7, 11) is 0. The second-order valence-corrected chi connectivity index (χ2v) is 6.56. The van der Waals surface area contributed by atoms with Crippen LogP contribution in [0.3, 0.4) is 0 Å². The number of nitrogen functional groups attached to an aromatic ring is 1. The molecule has 1 heterocycles. The second kappa shape index (κ2) is 8.37. The Balaban J connectivity index is 1.83. The summed E-state index contributed by atoms with van der Waals surface area (Å²) in [5.74, 6) is 0.579. The van der Waals surface area contributed by atoms with E-state index < -0.39 is 5.82 Å². The normalized spacial score (nSPS) is 11.1. The Labute approximate surface area is 161 Å². The molecule has 0 unspecified atom stereocenters. The molecule has 27 heavy (non-hydrogen) atoms. The van der Waals surface area contributed by atoms with Crippen molar-refractivity contribution in [3.05, 3.63) is 47.5 Å². The maximum atomic E-state index is 13.3. The minimum Gasteiger partial charge on any atom is -0.489 e. The van der Waals surface area contributed by atoms with E-state index in [0.29, 0.717) is 47.1 Å². The third-order valence-electron chi connectivity index (χ3n) is 3.74. The molecule has 0 radical (unpaired) electrons. The molecular weight excluding hydrogens is 371 g/mol. The first-order valence-electron chi connectivity index (χ1n) is 8.44. The molecule has 0 aliphatic heterocycles. The number of nitrogens with one attached hydrogen (secondary N) is 1. The van der Waals surface area contributed by atoms with Crippen molar-refractivity contribution in [2.24, 2.45) is 0 Å². The van der Waals surface area contributed by atoms with Crippen molar-refractivity contribution in [2.45, 2.75) is 20.0 Å². The average molecular weight is 391 g/mol. The van der Waals surface area contributed by atoms with Crippen LogP contribution in [0.5, 0.6) is 5.75 Å². The van der Waals surface area contributed by atoms with Gasteiger partial charge in [0.25, 0.3) is 0 Å². The predicted molar refractivity (Wildman–Crippen MR) is 105 cm³/mol. The van der Waals surface area contributed by atoms with E-state index in [0.717, 1.165) is 0 Å². The topological polar surface area (TPSA) is 82.3 Å². The van der Waals surface area contributed by atoms with Crippen LogP contribution in [0.4, 0.5) is 21.6 Å². The average Bonchev–Trinajstić information content (AvgIpc) is 2.62. The minimum atomic E-state index is -0.484. The number of aromatic nitrogens is 2. The summed E-state index contributed by atoms with van der Waals surface area (Å²) in [6, 6.07) is 7.84. The van der Waals surface area contributed by atoms with Crippen LogP contribution in [0.25, 0.3) is 10.9 Å². The Hall–Kier alpha value is -2.64. The molecule has 0 saturated carbocycles. The van der Waals surface area contributed by atoms with Crippen LogP contribution in [-0.2, 0) is 4.74 Å². The predicted octanol–water partition coefficient (Wildman–Crippen LogP) is 4.55. The van der Waals surface area contributed by atoms with E-state index in [2.05, 4.69) is 15.3 Å².